The Balaban J connectivity index is 2.53. The molecule has 0 spiro atoms. The Morgan fingerprint density at radius 2 is 2.33 bits per heavy atom. The molecule has 0 radical (unpaired) electrons. The second-order valence-electron chi connectivity index (χ2n) is 2.93. The van der Waals surface area contributed by atoms with E-state index in [9.17, 15) is 0 Å². The summed E-state index contributed by atoms with van der Waals surface area (Å²) in [5.74, 6) is 0. The fraction of sp³-hybridized carbons (Fsp3) is 0.333. The van der Waals surface area contributed by atoms with Gasteiger partial charge in [-0.05, 0) is 17.2 Å². The number of hydrogen-bond donors (Lipinski definition) is 1. The zero-order valence-corrected chi connectivity index (χ0v) is 7.34. The fourth-order valence-electron chi connectivity index (χ4n) is 1.50. The Morgan fingerprint density at radius 1 is 1.50 bits per heavy atom. The first-order chi connectivity index (χ1) is 5.79. The van der Waals surface area contributed by atoms with Gasteiger partial charge in [0.15, 0.2) is 0 Å². The molecule has 1 aliphatic heterocycles. The summed E-state index contributed by atoms with van der Waals surface area (Å²) in [6.45, 7) is 1.19. The van der Waals surface area contributed by atoms with Crippen LogP contribution in [0.2, 0.25) is 5.02 Å². The summed E-state index contributed by atoms with van der Waals surface area (Å²) < 4.78 is 5.28. The van der Waals surface area contributed by atoms with Gasteiger partial charge in [0.05, 0.1) is 19.3 Å². The summed E-state index contributed by atoms with van der Waals surface area (Å²) in [5, 5.41) is 0.753. The number of halogens is 1. The standard InChI is InChI=1S/C9H10ClNO/c10-7-3-1-2-6-4-12-5-8(11)9(6)7/h1-3,8H,4-5,11H2. The van der Waals surface area contributed by atoms with Gasteiger partial charge in [0, 0.05) is 5.02 Å². The van der Waals surface area contributed by atoms with E-state index in [1.807, 2.05) is 18.2 Å². The minimum atomic E-state index is -0.0672. The van der Waals surface area contributed by atoms with Crippen molar-refractivity contribution >= 4 is 11.6 Å². The van der Waals surface area contributed by atoms with E-state index in [4.69, 9.17) is 22.1 Å². The molecule has 2 N–H and O–H groups in total. The van der Waals surface area contributed by atoms with E-state index in [0.29, 0.717) is 13.2 Å². The average molecular weight is 184 g/mol. The van der Waals surface area contributed by atoms with Crippen LogP contribution in [-0.4, -0.2) is 6.61 Å². The van der Waals surface area contributed by atoms with E-state index >= 15 is 0 Å². The Morgan fingerprint density at radius 3 is 3.08 bits per heavy atom. The van der Waals surface area contributed by atoms with Gasteiger partial charge in [-0.1, -0.05) is 23.7 Å². The fourth-order valence-corrected chi connectivity index (χ4v) is 1.84. The van der Waals surface area contributed by atoms with Crippen molar-refractivity contribution < 1.29 is 4.74 Å². The molecule has 3 heteroatoms. The largest absolute Gasteiger partial charge is 0.375 e. The highest BCUT2D eigenvalue weighted by Crippen LogP contribution is 2.29. The predicted molar refractivity (Wildman–Crippen MR) is 48.0 cm³/mol. The highest BCUT2D eigenvalue weighted by molar-refractivity contribution is 6.31. The SMILES string of the molecule is NC1COCc2cccc(Cl)c21. The summed E-state index contributed by atoms with van der Waals surface area (Å²) in [6.07, 6.45) is 0. The molecule has 0 fully saturated rings. The normalized spacial score (nSPS) is 22.0. The second kappa shape index (κ2) is 3.05. The highest BCUT2D eigenvalue weighted by Gasteiger charge is 2.19. The Labute approximate surface area is 76.3 Å². The predicted octanol–water partition coefficient (Wildman–Crippen LogP) is 1.87. The van der Waals surface area contributed by atoms with Gasteiger partial charge in [0.1, 0.15) is 0 Å². The third-order valence-corrected chi connectivity index (χ3v) is 2.40. The molecule has 0 bridgehead atoms. The third kappa shape index (κ3) is 1.22. The van der Waals surface area contributed by atoms with E-state index in [1.54, 1.807) is 0 Å². The van der Waals surface area contributed by atoms with Crippen molar-refractivity contribution in [1.82, 2.24) is 0 Å². The maximum absolute atomic E-state index is 6.00. The van der Waals surface area contributed by atoms with Crippen LogP contribution in [0.4, 0.5) is 0 Å². The number of rotatable bonds is 0. The number of benzene rings is 1. The van der Waals surface area contributed by atoms with Crippen molar-refractivity contribution in [3.63, 3.8) is 0 Å². The average Bonchev–Trinajstić information content (AvgIpc) is 2.04. The van der Waals surface area contributed by atoms with Crippen molar-refractivity contribution in [2.45, 2.75) is 12.6 Å². The molecule has 12 heavy (non-hydrogen) atoms. The van der Waals surface area contributed by atoms with Gasteiger partial charge < -0.3 is 10.5 Å². The van der Waals surface area contributed by atoms with Crippen LogP contribution in [0.1, 0.15) is 17.2 Å². The molecule has 0 saturated heterocycles. The van der Waals surface area contributed by atoms with Crippen LogP contribution in [-0.2, 0) is 11.3 Å². The third-order valence-electron chi connectivity index (χ3n) is 2.07. The lowest BCUT2D eigenvalue weighted by Gasteiger charge is -2.23. The van der Waals surface area contributed by atoms with E-state index in [2.05, 4.69) is 0 Å². The summed E-state index contributed by atoms with van der Waals surface area (Å²) >= 11 is 6.00. The zero-order chi connectivity index (χ0) is 8.55. The van der Waals surface area contributed by atoms with Gasteiger partial charge in [-0.25, -0.2) is 0 Å². The van der Waals surface area contributed by atoms with Gasteiger partial charge >= 0.3 is 0 Å². The monoisotopic (exact) mass is 183 g/mol. The highest BCUT2D eigenvalue weighted by atomic mass is 35.5. The van der Waals surface area contributed by atoms with Crippen molar-refractivity contribution in [2.75, 3.05) is 6.61 Å². The van der Waals surface area contributed by atoms with Crippen LogP contribution >= 0.6 is 11.6 Å². The van der Waals surface area contributed by atoms with Crippen LogP contribution in [0.5, 0.6) is 0 Å². The van der Waals surface area contributed by atoms with Crippen LogP contribution in [0.3, 0.4) is 0 Å². The molecule has 1 unspecified atom stereocenters. The molecule has 1 aliphatic rings. The molecular formula is C9H10ClNO. The van der Waals surface area contributed by atoms with Crippen molar-refractivity contribution in [2.24, 2.45) is 5.73 Å². The summed E-state index contributed by atoms with van der Waals surface area (Å²) in [4.78, 5) is 0. The maximum atomic E-state index is 6.00. The van der Waals surface area contributed by atoms with Crippen LogP contribution in [0.15, 0.2) is 18.2 Å². The smallest absolute Gasteiger partial charge is 0.0721 e. The molecule has 0 aromatic heterocycles. The molecule has 1 aromatic rings. The zero-order valence-electron chi connectivity index (χ0n) is 6.59. The number of ether oxygens (including phenoxy) is 1. The number of hydrogen-bond acceptors (Lipinski definition) is 2. The minimum absolute atomic E-state index is 0.0672. The van der Waals surface area contributed by atoms with Gasteiger partial charge in [0.25, 0.3) is 0 Å². The molecule has 1 atom stereocenters. The molecular weight excluding hydrogens is 174 g/mol. The van der Waals surface area contributed by atoms with Gasteiger partial charge in [-0.3, -0.25) is 0 Å². The number of nitrogens with two attached hydrogens (primary N) is 1. The lowest BCUT2D eigenvalue weighted by Crippen LogP contribution is -2.23. The first kappa shape index (κ1) is 8.05. The van der Waals surface area contributed by atoms with Crippen molar-refractivity contribution in [3.05, 3.63) is 34.3 Å². The maximum Gasteiger partial charge on any atom is 0.0721 e. The van der Waals surface area contributed by atoms with Crippen molar-refractivity contribution in [3.8, 4) is 0 Å². The lowest BCUT2D eigenvalue weighted by molar-refractivity contribution is 0.0924. The first-order valence-electron chi connectivity index (χ1n) is 3.89. The van der Waals surface area contributed by atoms with Crippen LogP contribution in [0, 0.1) is 0 Å². The van der Waals surface area contributed by atoms with E-state index < -0.39 is 0 Å². The summed E-state index contributed by atoms with van der Waals surface area (Å²) in [6, 6.07) is 5.72. The molecule has 0 aliphatic carbocycles. The molecule has 64 valence electrons. The Bertz CT molecular complexity index is 301. The topological polar surface area (TPSA) is 35.2 Å². The molecule has 0 amide bonds. The second-order valence-corrected chi connectivity index (χ2v) is 3.34. The van der Waals surface area contributed by atoms with Crippen LogP contribution in [0.25, 0.3) is 0 Å². The first-order valence-corrected chi connectivity index (χ1v) is 4.27. The quantitative estimate of drug-likeness (QED) is 0.667. The van der Waals surface area contributed by atoms with Crippen molar-refractivity contribution in [1.29, 1.82) is 0 Å². The lowest BCUT2D eigenvalue weighted by atomic mass is 10.00. The number of fused-ring (bicyclic) bond motifs is 1. The molecule has 1 heterocycles. The molecule has 1 aromatic carbocycles. The van der Waals surface area contributed by atoms with Crippen LogP contribution < -0.4 is 5.73 Å². The van der Waals surface area contributed by atoms with Gasteiger partial charge in [-0.2, -0.15) is 0 Å². The molecule has 2 rings (SSSR count). The Hall–Kier alpha value is -0.570. The van der Waals surface area contributed by atoms with E-state index in [0.717, 1.165) is 16.1 Å². The van der Waals surface area contributed by atoms with Gasteiger partial charge in [0.2, 0.25) is 0 Å². The van der Waals surface area contributed by atoms with E-state index in [1.165, 1.54) is 0 Å². The Kier molecular flexibility index (Phi) is 2.05. The minimum Gasteiger partial charge on any atom is -0.375 e. The summed E-state index contributed by atoms with van der Waals surface area (Å²) in [7, 11) is 0. The molecule has 0 saturated carbocycles. The summed E-state index contributed by atoms with van der Waals surface area (Å²) in [5.41, 5.74) is 8.00. The van der Waals surface area contributed by atoms with E-state index in [-0.39, 0.29) is 6.04 Å². The molecule has 2 nitrogen and oxygen atoms in total. The van der Waals surface area contributed by atoms with Gasteiger partial charge in [-0.15, -0.1) is 0 Å².